The van der Waals surface area contributed by atoms with Crippen LogP contribution < -0.4 is 0 Å². The topological polar surface area (TPSA) is 57.6 Å². The lowest BCUT2D eigenvalue weighted by atomic mass is 10.1. The molecular weight excluding hydrogens is 265 g/mol. The first kappa shape index (κ1) is 13.8. The van der Waals surface area contributed by atoms with Crippen LogP contribution in [0, 0.1) is 0 Å². The van der Waals surface area contributed by atoms with E-state index in [4.69, 9.17) is 28.3 Å². The smallest absolute Gasteiger partial charge is 0.331 e. The van der Waals surface area contributed by atoms with Gasteiger partial charge in [0.25, 0.3) is 0 Å². The molecule has 92 valence electrons. The molecule has 0 aliphatic carbocycles. The molecule has 0 heterocycles. The molecule has 0 aliphatic rings. The number of nitrogens with zero attached hydrogens (tertiary/aromatic N) is 1. The number of carbonyl (C=O) groups is 2. The van der Waals surface area contributed by atoms with Gasteiger partial charge in [-0.05, 0) is 12.1 Å². The van der Waals surface area contributed by atoms with E-state index >= 15 is 0 Å². The van der Waals surface area contributed by atoms with Crippen molar-refractivity contribution >= 4 is 35.1 Å². The van der Waals surface area contributed by atoms with Crippen LogP contribution in [0.2, 0.25) is 10.0 Å². The molecule has 0 saturated heterocycles. The standard InChI is InChI=1S/C11H11Cl2NO3/c1-6(15)14(2)10(11(16)17)8-4-3-7(12)5-9(8)13/h3-5,10H,1-2H3,(H,16,17). The van der Waals surface area contributed by atoms with Crippen molar-refractivity contribution in [3.05, 3.63) is 33.8 Å². The highest BCUT2D eigenvalue weighted by Crippen LogP contribution is 2.29. The molecule has 6 heteroatoms. The third-order valence-corrected chi connectivity index (χ3v) is 2.94. The summed E-state index contributed by atoms with van der Waals surface area (Å²) < 4.78 is 0. The van der Waals surface area contributed by atoms with E-state index in [-0.39, 0.29) is 10.9 Å². The summed E-state index contributed by atoms with van der Waals surface area (Å²) in [7, 11) is 1.41. The third-order valence-electron chi connectivity index (χ3n) is 2.37. The zero-order chi connectivity index (χ0) is 13.2. The van der Waals surface area contributed by atoms with Crippen molar-refractivity contribution in [3.8, 4) is 0 Å². The van der Waals surface area contributed by atoms with Gasteiger partial charge in [-0.15, -0.1) is 0 Å². The normalized spacial score (nSPS) is 12.0. The first-order chi connectivity index (χ1) is 7.84. The molecule has 17 heavy (non-hydrogen) atoms. The number of carboxylic acid groups (broad SMARTS) is 1. The van der Waals surface area contributed by atoms with E-state index in [1.165, 1.54) is 32.2 Å². The van der Waals surface area contributed by atoms with Crippen LogP contribution in [0.15, 0.2) is 18.2 Å². The molecule has 0 fully saturated rings. The molecule has 1 N–H and O–H groups in total. The van der Waals surface area contributed by atoms with Crippen LogP contribution in [-0.4, -0.2) is 28.9 Å². The first-order valence-electron chi connectivity index (χ1n) is 4.75. The molecule has 1 atom stereocenters. The monoisotopic (exact) mass is 275 g/mol. The third kappa shape index (κ3) is 3.11. The number of likely N-dealkylation sites (N-methyl/N-ethyl adjacent to an activating group) is 1. The number of carboxylic acids is 1. The Morgan fingerprint density at radius 1 is 1.35 bits per heavy atom. The van der Waals surface area contributed by atoms with Crippen molar-refractivity contribution in [1.82, 2.24) is 4.90 Å². The summed E-state index contributed by atoms with van der Waals surface area (Å²) in [4.78, 5) is 23.5. The Morgan fingerprint density at radius 3 is 2.35 bits per heavy atom. The molecule has 0 bridgehead atoms. The minimum Gasteiger partial charge on any atom is -0.479 e. The van der Waals surface area contributed by atoms with Gasteiger partial charge in [-0.3, -0.25) is 4.79 Å². The molecule has 1 amide bonds. The Kier molecular flexibility index (Phi) is 4.37. The molecule has 0 spiro atoms. The largest absolute Gasteiger partial charge is 0.479 e. The van der Waals surface area contributed by atoms with Crippen molar-refractivity contribution < 1.29 is 14.7 Å². The Morgan fingerprint density at radius 2 is 1.94 bits per heavy atom. The maximum Gasteiger partial charge on any atom is 0.331 e. The second kappa shape index (κ2) is 5.38. The van der Waals surface area contributed by atoms with Crippen molar-refractivity contribution in [2.24, 2.45) is 0 Å². The van der Waals surface area contributed by atoms with Gasteiger partial charge in [0, 0.05) is 29.6 Å². The van der Waals surface area contributed by atoms with Gasteiger partial charge in [-0.2, -0.15) is 0 Å². The number of aliphatic carboxylic acids is 1. The summed E-state index contributed by atoms with van der Waals surface area (Å²) in [6.07, 6.45) is 0. The molecular formula is C11H11Cl2NO3. The van der Waals surface area contributed by atoms with E-state index in [0.717, 1.165) is 4.90 Å². The fourth-order valence-corrected chi connectivity index (χ4v) is 1.92. The predicted molar refractivity (Wildman–Crippen MR) is 65.3 cm³/mol. The lowest BCUT2D eigenvalue weighted by Gasteiger charge is -2.24. The van der Waals surface area contributed by atoms with Gasteiger partial charge in [-0.1, -0.05) is 29.3 Å². The predicted octanol–water partition coefficient (Wildman–Crippen LogP) is 2.60. The minimum absolute atomic E-state index is 0.220. The summed E-state index contributed by atoms with van der Waals surface area (Å²) >= 11 is 11.7. The summed E-state index contributed by atoms with van der Waals surface area (Å²) in [6, 6.07) is 3.37. The number of halogens is 2. The Balaban J connectivity index is 3.23. The van der Waals surface area contributed by atoms with Crippen LogP contribution in [0.25, 0.3) is 0 Å². The van der Waals surface area contributed by atoms with E-state index in [1.807, 2.05) is 0 Å². The molecule has 0 aliphatic heterocycles. The number of amides is 1. The van der Waals surface area contributed by atoms with E-state index in [1.54, 1.807) is 0 Å². The van der Waals surface area contributed by atoms with E-state index in [9.17, 15) is 9.59 Å². The fraction of sp³-hybridized carbons (Fsp3) is 0.273. The molecule has 1 rings (SSSR count). The summed E-state index contributed by atoms with van der Waals surface area (Å²) in [5.74, 6) is -1.50. The van der Waals surface area contributed by atoms with Crippen LogP contribution in [0.4, 0.5) is 0 Å². The number of hydrogen-bond donors (Lipinski definition) is 1. The van der Waals surface area contributed by atoms with Gasteiger partial charge in [0.1, 0.15) is 0 Å². The second-order valence-corrected chi connectivity index (χ2v) is 4.38. The van der Waals surface area contributed by atoms with Crippen molar-refractivity contribution in [1.29, 1.82) is 0 Å². The number of benzene rings is 1. The number of carbonyl (C=O) groups excluding carboxylic acids is 1. The van der Waals surface area contributed by atoms with Crippen LogP contribution in [0.1, 0.15) is 18.5 Å². The minimum atomic E-state index is -1.15. The number of hydrogen-bond acceptors (Lipinski definition) is 2. The molecule has 1 unspecified atom stereocenters. The Labute approximate surface area is 109 Å². The van der Waals surface area contributed by atoms with Gasteiger partial charge in [0.15, 0.2) is 6.04 Å². The van der Waals surface area contributed by atoms with Gasteiger partial charge < -0.3 is 10.0 Å². The quantitative estimate of drug-likeness (QED) is 0.923. The molecule has 0 radical (unpaired) electrons. The molecule has 0 saturated carbocycles. The van der Waals surface area contributed by atoms with Crippen LogP contribution in [-0.2, 0) is 9.59 Å². The molecule has 4 nitrogen and oxygen atoms in total. The van der Waals surface area contributed by atoms with Crippen molar-refractivity contribution in [3.63, 3.8) is 0 Å². The van der Waals surface area contributed by atoms with E-state index in [2.05, 4.69) is 0 Å². The van der Waals surface area contributed by atoms with Gasteiger partial charge in [0.2, 0.25) is 5.91 Å². The fourth-order valence-electron chi connectivity index (χ4n) is 1.41. The van der Waals surface area contributed by atoms with Crippen LogP contribution >= 0.6 is 23.2 Å². The van der Waals surface area contributed by atoms with Crippen molar-refractivity contribution in [2.75, 3.05) is 7.05 Å². The van der Waals surface area contributed by atoms with E-state index < -0.39 is 12.0 Å². The highest BCUT2D eigenvalue weighted by molar-refractivity contribution is 6.35. The van der Waals surface area contributed by atoms with Crippen molar-refractivity contribution in [2.45, 2.75) is 13.0 Å². The lowest BCUT2D eigenvalue weighted by Crippen LogP contribution is -2.34. The second-order valence-electron chi connectivity index (χ2n) is 3.54. The summed E-state index contributed by atoms with van der Waals surface area (Å²) in [6.45, 7) is 1.29. The van der Waals surface area contributed by atoms with Gasteiger partial charge in [0.05, 0.1) is 0 Å². The SMILES string of the molecule is CC(=O)N(C)C(C(=O)O)c1ccc(Cl)cc1Cl. The molecule has 0 aromatic heterocycles. The highest BCUT2D eigenvalue weighted by Gasteiger charge is 2.28. The summed E-state index contributed by atoms with van der Waals surface area (Å²) in [5, 5.41) is 9.79. The van der Waals surface area contributed by atoms with Crippen LogP contribution in [0.5, 0.6) is 0 Å². The Bertz CT molecular complexity index is 462. The maximum absolute atomic E-state index is 11.2. The Hall–Kier alpha value is -1.26. The molecule has 1 aromatic rings. The highest BCUT2D eigenvalue weighted by atomic mass is 35.5. The molecule has 1 aromatic carbocycles. The maximum atomic E-state index is 11.2. The van der Waals surface area contributed by atoms with Gasteiger partial charge in [-0.25, -0.2) is 4.79 Å². The average Bonchev–Trinajstić information content (AvgIpc) is 2.20. The van der Waals surface area contributed by atoms with Crippen LogP contribution in [0.3, 0.4) is 0 Å². The van der Waals surface area contributed by atoms with Gasteiger partial charge >= 0.3 is 5.97 Å². The number of rotatable bonds is 3. The average molecular weight is 276 g/mol. The zero-order valence-electron chi connectivity index (χ0n) is 9.28. The zero-order valence-corrected chi connectivity index (χ0v) is 10.8. The summed E-state index contributed by atoms with van der Waals surface area (Å²) in [5.41, 5.74) is 0.335. The lowest BCUT2D eigenvalue weighted by molar-refractivity contribution is -0.148. The first-order valence-corrected chi connectivity index (χ1v) is 5.51. The van der Waals surface area contributed by atoms with E-state index in [0.29, 0.717) is 10.6 Å².